The van der Waals surface area contributed by atoms with Crippen LogP contribution in [-0.4, -0.2) is 25.5 Å². The van der Waals surface area contributed by atoms with E-state index in [9.17, 15) is 4.79 Å². The maximum atomic E-state index is 11.9. The molecule has 2 atom stereocenters. The lowest BCUT2D eigenvalue weighted by atomic mass is 9.88. The Hall–Kier alpha value is -1.35. The maximum Gasteiger partial charge on any atom is 0.220 e. The van der Waals surface area contributed by atoms with Gasteiger partial charge in [0.05, 0.1) is 0 Å². The predicted molar refractivity (Wildman–Crippen MR) is 82.5 cm³/mol. The average Bonchev–Trinajstić information content (AvgIpc) is 2.47. The zero-order valence-electron chi connectivity index (χ0n) is 12.4. The lowest BCUT2D eigenvalue weighted by Crippen LogP contribution is -2.41. The van der Waals surface area contributed by atoms with E-state index in [-0.39, 0.29) is 5.91 Å². The van der Waals surface area contributed by atoms with Crippen molar-refractivity contribution in [3.8, 4) is 0 Å². The molecule has 0 bridgehead atoms. The van der Waals surface area contributed by atoms with Gasteiger partial charge in [-0.2, -0.15) is 0 Å². The average molecular weight is 274 g/mol. The Morgan fingerprint density at radius 2 is 2.15 bits per heavy atom. The minimum atomic E-state index is 0.201. The number of carbonyl (C=O) groups is 1. The highest BCUT2D eigenvalue weighted by molar-refractivity contribution is 5.75. The number of rotatable bonds is 6. The van der Waals surface area contributed by atoms with Crippen molar-refractivity contribution in [1.29, 1.82) is 0 Å². The molecule has 1 saturated heterocycles. The largest absolute Gasteiger partial charge is 0.356 e. The van der Waals surface area contributed by atoms with E-state index in [1.165, 1.54) is 12.0 Å². The van der Waals surface area contributed by atoms with Crippen molar-refractivity contribution in [3.05, 3.63) is 35.9 Å². The van der Waals surface area contributed by atoms with E-state index in [0.717, 1.165) is 32.5 Å². The molecule has 0 saturated carbocycles. The van der Waals surface area contributed by atoms with E-state index >= 15 is 0 Å². The fourth-order valence-corrected chi connectivity index (χ4v) is 2.80. The number of nitrogens with one attached hydrogen (secondary N) is 2. The summed E-state index contributed by atoms with van der Waals surface area (Å²) in [4.78, 5) is 11.9. The van der Waals surface area contributed by atoms with Gasteiger partial charge in [0.2, 0.25) is 5.91 Å². The minimum Gasteiger partial charge on any atom is -0.356 e. The Labute approximate surface area is 122 Å². The number of piperidine rings is 1. The smallest absolute Gasteiger partial charge is 0.220 e. The molecule has 1 aromatic rings. The van der Waals surface area contributed by atoms with Crippen LogP contribution in [0, 0.1) is 11.8 Å². The summed E-state index contributed by atoms with van der Waals surface area (Å²) in [5.74, 6) is 1.49. The third kappa shape index (κ3) is 4.97. The van der Waals surface area contributed by atoms with Crippen LogP contribution in [0.3, 0.4) is 0 Å². The molecule has 1 aliphatic heterocycles. The number of amides is 1. The van der Waals surface area contributed by atoms with Crippen molar-refractivity contribution in [2.75, 3.05) is 19.6 Å². The normalized spacial score (nSPS) is 22.4. The first-order chi connectivity index (χ1) is 9.75. The van der Waals surface area contributed by atoms with Gasteiger partial charge in [0.25, 0.3) is 0 Å². The van der Waals surface area contributed by atoms with Gasteiger partial charge in [0.15, 0.2) is 0 Å². The van der Waals surface area contributed by atoms with E-state index in [1.54, 1.807) is 0 Å². The Kier molecular flexibility index (Phi) is 6.06. The first-order valence-electron chi connectivity index (χ1n) is 7.77. The second-order valence-corrected chi connectivity index (χ2v) is 5.87. The molecular formula is C17H26N2O. The summed E-state index contributed by atoms with van der Waals surface area (Å²) >= 11 is 0. The molecule has 1 amide bonds. The first-order valence-corrected chi connectivity index (χ1v) is 7.77. The first kappa shape index (κ1) is 15.0. The number of benzene rings is 1. The molecule has 0 aliphatic carbocycles. The Morgan fingerprint density at radius 1 is 1.35 bits per heavy atom. The van der Waals surface area contributed by atoms with Crippen LogP contribution in [0.25, 0.3) is 0 Å². The van der Waals surface area contributed by atoms with Crippen LogP contribution >= 0.6 is 0 Å². The summed E-state index contributed by atoms with van der Waals surface area (Å²) in [5.41, 5.74) is 1.31. The third-order valence-corrected chi connectivity index (χ3v) is 4.24. The van der Waals surface area contributed by atoms with Gasteiger partial charge in [0.1, 0.15) is 0 Å². The van der Waals surface area contributed by atoms with Gasteiger partial charge in [0, 0.05) is 13.0 Å². The van der Waals surface area contributed by atoms with Crippen molar-refractivity contribution < 1.29 is 4.79 Å². The zero-order chi connectivity index (χ0) is 14.2. The highest BCUT2D eigenvalue weighted by Gasteiger charge is 2.21. The molecule has 1 fully saturated rings. The summed E-state index contributed by atoms with van der Waals surface area (Å²) in [6.45, 7) is 5.26. The lowest BCUT2D eigenvalue weighted by molar-refractivity contribution is -0.121. The summed E-state index contributed by atoms with van der Waals surface area (Å²) in [6, 6.07) is 10.4. The predicted octanol–water partition coefficient (Wildman–Crippen LogP) is 2.37. The van der Waals surface area contributed by atoms with Crippen molar-refractivity contribution in [3.63, 3.8) is 0 Å². The molecule has 0 aromatic heterocycles. The van der Waals surface area contributed by atoms with E-state index in [1.807, 2.05) is 18.2 Å². The molecular weight excluding hydrogens is 248 g/mol. The van der Waals surface area contributed by atoms with Crippen LogP contribution in [0.5, 0.6) is 0 Å². The molecule has 0 radical (unpaired) electrons. The number of hydrogen-bond donors (Lipinski definition) is 2. The second kappa shape index (κ2) is 8.05. The molecule has 110 valence electrons. The summed E-state index contributed by atoms with van der Waals surface area (Å²) in [5, 5.41) is 6.49. The highest BCUT2D eigenvalue weighted by Crippen LogP contribution is 2.17. The Bertz CT molecular complexity index is 405. The fourth-order valence-electron chi connectivity index (χ4n) is 2.80. The molecule has 1 aromatic carbocycles. The number of hydrogen-bond acceptors (Lipinski definition) is 2. The van der Waals surface area contributed by atoms with Crippen molar-refractivity contribution in [2.45, 2.75) is 32.6 Å². The van der Waals surface area contributed by atoms with Gasteiger partial charge in [-0.05, 0) is 49.8 Å². The zero-order valence-corrected chi connectivity index (χ0v) is 12.4. The standard InChI is InChI=1S/C17H26N2O/c1-14-12-18-11-10-16(14)13-19-17(20)9-5-8-15-6-3-2-4-7-15/h2-4,6-7,14,16,18H,5,8-13H2,1H3,(H,19,20). The van der Waals surface area contributed by atoms with E-state index in [4.69, 9.17) is 0 Å². The van der Waals surface area contributed by atoms with Gasteiger partial charge >= 0.3 is 0 Å². The van der Waals surface area contributed by atoms with Crippen LogP contribution in [0.4, 0.5) is 0 Å². The summed E-state index contributed by atoms with van der Waals surface area (Å²) in [6.07, 6.45) is 3.72. The van der Waals surface area contributed by atoms with Gasteiger partial charge in [-0.25, -0.2) is 0 Å². The van der Waals surface area contributed by atoms with Crippen molar-refractivity contribution >= 4 is 5.91 Å². The van der Waals surface area contributed by atoms with Crippen LogP contribution < -0.4 is 10.6 Å². The van der Waals surface area contributed by atoms with Crippen LogP contribution in [0.1, 0.15) is 31.7 Å². The van der Waals surface area contributed by atoms with Gasteiger partial charge in [-0.15, -0.1) is 0 Å². The van der Waals surface area contributed by atoms with Gasteiger partial charge < -0.3 is 10.6 Å². The molecule has 2 rings (SSSR count). The van der Waals surface area contributed by atoms with E-state index < -0.39 is 0 Å². The lowest BCUT2D eigenvalue weighted by Gasteiger charge is -2.29. The molecule has 1 heterocycles. The molecule has 2 unspecified atom stereocenters. The Morgan fingerprint density at radius 3 is 2.90 bits per heavy atom. The van der Waals surface area contributed by atoms with Crippen LogP contribution in [-0.2, 0) is 11.2 Å². The number of aryl methyl sites for hydroxylation is 1. The summed E-state index contributed by atoms with van der Waals surface area (Å²) in [7, 11) is 0. The monoisotopic (exact) mass is 274 g/mol. The van der Waals surface area contributed by atoms with Gasteiger partial charge in [-0.3, -0.25) is 4.79 Å². The maximum absolute atomic E-state index is 11.9. The van der Waals surface area contributed by atoms with Crippen molar-refractivity contribution in [2.24, 2.45) is 11.8 Å². The second-order valence-electron chi connectivity index (χ2n) is 5.87. The van der Waals surface area contributed by atoms with Gasteiger partial charge in [-0.1, -0.05) is 37.3 Å². The van der Waals surface area contributed by atoms with E-state index in [2.05, 4.69) is 29.7 Å². The van der Waals surface area contributed by atoms with Crippen molar-refractivity contribution in [1.82, 2.24) is 10.6 Å². The molecule has 1 aliphatic rings. The fraction of sp³-hybridized carbons (Fsp3) is 0.588. The molecule has 3 heteroatoms. The number of carbonyl (C=O) groups excluding carboxylic acids is 1. The van der Waals surface area contributed by atoms with E-state index in [0.29, 0.717) is 18.3 Å². The molecule has 2 N–H and O–H groups in total. The summed E-state index contributed by atoms with van der Waals surface area (Å²) < 4.78 is 0. The molecule has 20 heavy (non-hydrogen) atoms. The minimum absolute atomic E-state index is 0.201. The third-order valence-electron chi connectivity index (χ3n) is 4.24. The molecule has 0 spiro atoms. The van der Waals surface area contributed by atoms with Crippen LogP contribution in [0.15, 0.2) is 30.3 Å². The molecule has 3 nitrogen and oxygen atoms in total. The SMILES string of the molecule is CC1CNCCC1CNC(=O)CCCc1ccccc1. The topological polar surface area (TPSA) is 41.1 Å². The Balaban J connectivity index is 1.60. The van der Waals surface area contributed by atoms with Crippen LogP contribution in [0.2, 0.25) is 0 Å². The quantitative estimate of drug-likeness (QED) is 0.836. The highest BCUT2D eigenvalue weighted by atomic mass is 16.1.